The minimum Gasteiger partial charge on any atom is -0.497 e. The first-order valence-corrected chi connectivity index (χ1v) is 5.25. The zero-order chi connectivity index (χ0) is 11.1. The summed E-state index contributed by atoms with van der Waals surface area (Å²) in [5, 5.41) is 2.71. The second-order valence-corrected chi connectivity index (χ2v) is 3.45. The molecule has 0 saturated carbocycles. The number of rotatable bonds is 5. The van der Waals surface area contributed by atoms with Crippen molar-refractivity contribution < 1.29 is 9.53 Å². The fraction of sp³-hybridized carbons (Fsp3) is 0.364. The van der Waals surface area contributed by atoms with Gasteiger partial charge in [-0.3, -0.25) is 4.79 Å². The molecule has 15 heavy (non-hydrogen) atoms. The Morgan fingerprint density at radius 1 is 1.53 bits per heavy atom. The van der Waals surface area contributed by atoms with Gasteiger partial charge in [0, 0.05) is 12.4 Å². The first kappa shape index (κ1) is 11.9. The van der Waals surface area contributed by atoms with Gasteiger partial charge in [0.1, 0.15) is 5.75 Å². The molecule has 0 bridgehead atoms. The lowest BCUT2D eigenvalue weighted by Gasteiger charge is -2.05. The van der Waals surface area contributed by atoms with Gasteiger partial charge in [-0.05, 0) is 17.7 Å². The van der Waals surface area contributed by atoms with E-state index in [1.807, 2.05) is 24.3 Å². The number of methoxy groups -OCH3 is 1. The molecule has 0 aliphatic rings. The van der Waals surface area contributed by atoms with Crippen LogP contribution in [0.5, 0.6) is 5.75 Å². The van der Waals surface area contributed by atoms with Crippen molar-refractivity contribution in [1.29, 1.82) is 0 Å². The number of amides is 1. The summed E-state index contributed by atoms with van der Waals surface area (Å²) in [7, 11) is 1.60. The monoisotopic (exact) mass is 227 g/mol. The van der Waals surface area contributed by atoms with Crippen LogP contribution in [0.3, 0.4) is 0 Å². The Morgan fingerprint density at radius 3 is 3.00 bits per heavy atom. The van der Waals surface area contributed by atoms with Crippen molar-refractivity contribution in [3.63, 3.8) is 0 Å². The van der Waals surface area contributed by atoms with Crippen molar-refractivity contribution in [2.45, 2.75) is 6.42 Å². The summed E-state index contributed by atoms with van der Waals surface area (Å²) in [5.74, 6) is 1.17. The lowest BCUT2D eigenvalue weighted by molar-refractivity contribution is -0.120. The average Bonchev–Trinajstić information content (AvgIpc) is 2.26. The van der Waals surface area contributed by atoms with E-state index < -0.39 is 0 Å². The van der Waals surface area contributed by atoms with Crippen LogP contribution in [0.15, 0.2) is 24.3 Å². The molecule has 0 unspecified atom stereocenters. The Balaban J connectivity index is 2.52. The maximum atomic E-state index is 11.4. The maximum absolute atomic E-state index is 11.4. The summed E-state index contributed by atoms with van der Waals surface area (Å²) in [6, 6.07) is 7.45. The van der Waals surface area contributed by atoms with E-state index in [-0.39, 0.29) is 5.91 Å². The molecular weight excluding hydrogens is 214 g/mol. The Hall–Kier alpha value is -1.22. The van der Waals surface area contributed by atoms with E-state index in [2.05, 4.69) is 5.32 Å². The normalized spacial score (nSPS) is 9.73. The van der Waals surface area contributed by atoms with Gasteiger partial charge in [0.05, 0.1) is 13.5 Å². The highest BCUT2D eigenvalue weighted by Crippen LogP contribution is 2.12. The van der Waals surface area contributed by atoms with Gasteiger partial charge >= 0.3 is 0 Å². The molecule has 0 aromatic heterocycles. The van der Waals surface area contributed by atoms with Crippen molar-refractivity contribution in [3.8, 4) is 5.75 Å². The summed E-state index contributed by atoms with van der Waals surface area (Å²) in [6.07, 6.45) is 0.355. The van der Waals surface area contributed by atoms with Gasteiger partial charge in [-0.1, -0.05) is 12.1 Å². The molecule has 1 aromatic carbocycles. The molecule has 3 nitrogen and oxygen atoms in total. The van der Waals surface area contributed by atoms with Gasteiger partial charge in [0.25, 0.3) is 0 Å². The van der Waals surface area contributed by atoms with Gasteiger partial charge in [0.2, 0.25) is 5.91 Å². The van der Waals surface area contributed by atoms with E-state index in [1.165, 1.54) is 0 Å². The molecule has 1 rings (SSSR count). The molecule has 0 heterocycles. The molecule has 4 heteroatoms. The van der Waals surface area contributed by atoms with E-state index in [0.29, 0.717) is 18.8 Å². The molecule has 0 saturated heterocycles. The second-order valence-electron chi connectivity index (χ2n) is 3.07. The van der Waals surface area contributed by atoms with Gasteiger partial charge in [-0.2, -0.15) is 0 Å². The Kier molecular flexibility index (Phi) is 4.98. The summed E-state index contributed by atoms with van der Waals surface area (Å²) in [4.78, 5) is 11.4. The third-order valence-corrected chi connectivity index (χ3v) is 2.10. The van der Waals surface area contributed by atoms with Crippen LogP contribution in [0.2, 0.25) is 0 Å². The minimum absolute atomic E-state index is 0.0242. The third-order valence-electron chi connectivity index (χ3n) is 1.92. The van der Waals surface area contributed by atoms with Crippen molar-refractivity contribution in [3.05, 3.63) is 29.8 Å². The third kappa shape index (κ3) is 4.21. The number of carbonyl (C=O) groups excluding carboxylic acids is 1. The van der Waals surface area contributed by atoms with E-state index in [4.69, 9.17) is 16.3 Å². The van der Waals surface area contributed by atoms with Crippen LogP contribution >= 0.6 is 11.6 Å². The predicted octanol–water partition coefficient (Wildman–Crippen LogP) is 1.59. The SMILES string of the molecule is COc1cccc(CC(=O)NCCCl)c1. The molecule has 0 atom stereocenters. The summed E-state index contributed by atoms with van der Waals surface area (Å²) < 4.78 is 5.06. The Morgan fingerprint density at radius 2 is 2.33 bits per heavy atom. The second kappa shape index (κ2) is 6.30. The number of nitrogens with one attached hydrogen (secondary N) is 1. The molecule has 1 amide bonds. The highest BCUT2D eigenvalue weighted by molar-refractivity contribution is 6.18. The number of alkyl halides is 1. The van der Waals surface area contributed by atoms with E-state index >= 15 is 0 Å². The van der Waals surface area contributed by atoms with Crippen LogP contribution in [0.25, 0.3) is 0 Å². The lowest BCUT2D eigenvalue weighted by atomic mass is 10.1. The standard InChI is InChI=1S/C11H14ClNO2/c1-15-10-4-2-3-9(7-10)8-11(14)13-6-5-12/h2-4,7H,5-6,8H2,1H3,(H,13,14). The van der Waals surface area contributed by atoms with Crippen LogP contribution in [-0.2, 0) is 11.2 Å². The molecule has 0 spiro atoms. The first-order chi connectivity index (χ1) is 7.26. The highest BCUT2D eigenvalue weighted by Gasteiger charge is 2.03. The van der Waals surface area contributed by atoms with E-state index in [1.54, 1.807) is 7.11 Å². The molecule has 82 valence electrons. The topological polar surface area (TPSA) is 38.3 Å². The van der Waals surface area contributed by atoms with Gasteiger partial charge in [-0.15, -0.1) is 11.6 Å². The molecular formula is C11H14ClNO2. The van der Waals surface area contributed by atoms with Crippen LogP contribution in [-0.4, -0.2) is 25.4 Å². The van der Waals surface area contributed by atoms with E-state index in [9.17, 15) is 4.79 Å². The van der Waals surface area contributed by atoms with Gasteiger partial charge in [-0.25, -0.2) is 0 Å². The first-order valence-electron chi connectivity index (χ1n) is 4.72. The van der Waals surface area contributed by atoms with Crippen molar-refractivity contribution >= 4 is 17.5 Å². The molecule has 1 aromatic rings. The molecule has 0 aliphatic carbocycles. The zero-order valence-electron chi connectivity index (χ0n) is 8.63. The Labute approximate surface area is 94.4 Å². The number of benzene rings is 1. The molecule has 1 N–H and O–H groups in total. The average molecular weight is 228 g/mol. The zero-order valence-corrected chi connectivity index (χ0v) is 9.38. The smallest absolute Gasteiger partial charge is 0.224 e. The van der Waals surface area contributed by atoms with Crippen LogP contribution in [0, 0.1) is 0 Å². The summed E-state index contributed by atoms with van der Waals surface area (Å²) in [5.41, 5.74) is 0.932. The van der Waals surface area contributed by atoms with Crippen LogP contribution in [0.4, 0.5) is 0 Å². The minimum atomic E-state index is -0.0242. The number of carbonyl (C=O) groups is 1. The van der Waals surface area contributed by atoms with Gasteiger partial charge in [0.15, 0.2) is 0 Å². The predicted molar refractivity (Wildman–Crippen MR) is 60.4 cm³/mol. The number of hydrogen-bond acceptors (Lipinski definition) is 2. The largest absolute Gasteiger partial charge is 0.497 e. The fourth-order valence-corrected chi connectivity index (χ4v) is 1.31. The van der Waals surface area contributed by atoms with Crippen molar-refractivity contribution in [1.82, 2.24) is 5.32 Å². The lowest BCUT2D eigenvalue weighted by Crippen LogP contribution is -2.26. The summed E-state index contributed by atoms with van der Waals surface area (Å²) >= 11 is 5.46. The van der Waals surface area contributed by atoms with E-state index in [0.717, 1.165) is 11.3 Å². The van der Waals surface area contributed by atoms with Crippen molar-refractivity contribution in [2.75, 3.05) is 19.5 Å². The van der Waals surface area contributed by atoms with Gasteiger partial charge < -0.3 is 10.1 Å². The number of hydrogen-bond donors (Lipinski definition) is 1. The van der Waals surface area contributed by atoms with Crippen LogP contribution in [0.1, 0.15) is 5.56 Å². The Bertz CT molecular complexity index is 328. The maximum Gasteiger partial charge on any atom is 0.224 e. The molecule has 0 aliphatic heterocycles. The fourth-order valence-electron chi connectivity index (χ4n) is 1.22. The molecule has 0 radical (unpaired) electrons. The van der Waals surface area contributed by atoms with Crippen molar-refractivity contribution in [2.24, 2.45) is 0 Å². The quantitative estimate of drug-likeness (QED) is 0.776. The van der Waals surface area contributed by atoms with Crippen LogP contribution < -0.4 is 10.1 Å². The highest BCUT2D eigenvalue weighted by atomic mass is 35.5. The molecule has 0 fully saturated rings. The number of halogens is 1. The number of ether oxygens (including phenoxy) is 1. The summed E-state index contributed by atoms with van der Waals surface area (Å²) in [6.45, 7) is 0.504.